The van der Waals surface area contributed by atoms with Crippen molar-refractivity contribution in [1.82, 2.24) is 5.32 Å². The van der Waals surface area contributed by atoms with Gasteiger partial charge in [0.2, 0.25) is 0 Å². The van der Waals surface area contributed by atoms with Crippen LogP contribution >= 0.6 is 0 Å². The molecule has 1 aliphatic rings. The van der Waals surface area contributed by atoms with Gasteiger partial charge >= 0.3 is 6.03 Å². The highest BCUT2D eigenvalue weighted by Gasteiger charge is 2.17. The summed E-state index contributed by atoms with van der Waals surface area (Å²) in [7, 11) is 0. The summed E-state index contributed by atoms with van der Waals surface area (Å²) in [5.74, 6) is -1.83. The van der Waals surface area contributed by atoms with E-state index in [-0.39, 0.29) is 6.03 Å². The Labute approximate surface area is 145 Å². The van der Waals surface area contributed by atoms with Crippen molar-refractivity contribution in [1.29, 1.82) is 0 Å². The van der Waals surface area contributed by atoms with Crippen molar-refractivity contribution in [3.05, 3.63) is 59.7 Å². The van der Waals surface area contributed by atoms with Crippen LogP contribution in [-0.2, 0) is 0 Å². The second-order valence-corrected chi connectivity index (χ2v) is 6.20. The molecule has 0 spiro atoms. The van der Waals surface area contributed by atoms with Crippen molar-refractivity contribution in [3.8, 4) is 0 Å². The molecule has 2 aromatic carbocycles. The number of para-hydroxylation sites is 2. The zero-order chi connectivity index (χ0) is 17.8. The first-order chi connectivity index (χ1) is 12.0. The number of anilines is 2. The highest BCUT2D eigenvalue weighted by Crippen LogP contribution is 2.28. The lowest BCUT2D eigenvalue weighted by Gasteiger charge is -2.22. The van der Waals surface area contributed by atoms with Gasteiger partial charge in [-0.05, 0) is 49.6 Å². The molecule has 6 heteroatoms. The molecule has 1 heterocycles. The first kappa shape index (κ1) is 17.2. The highest BCUT2D eigenvalue weighted by molar-refractivity contribution is 5.93. The molecule has 2 N–H and O–H groups in total. The molecular formula is C19H21F2N3O. The van der Waals surface area contributed by atoms with Gasteiger partial charge in [0.15, 0.2) is 11.6 Å². The lowest BCUT2D eigenvalue weighted by molar-refractivity contribution is 0.249. The number of nitrogens with zero attached hydrogens (tertiary/aromatic N) is 1. The third-order valence-electron chi connectivity index (χ3n) is 4.39. The molecule has 1 fully saturated rings. The number of carbonyl (C=O) groups is 1. The predicted molar refractivity (Wildman–Crippen MR) is 94.8 cm³/mol. The number of amides is 2. The second-order valence-electron chi connectivity index (χ2n) is 6.20. The molecule has 2 amide bonds. The molecule has 1 atom stereocenters. The quantitative estimate of drug-likeness (QED) is 0.860. The van der Waals surface area contributed by atoms with E-state index in [0.29, 0.717) is 5.56 Å². The Bertz CT molecular complexity index is 760. The van der Waals surface area contributed by atoms with Crippen molar-refractivity contribution in [2.45, 2.75) is 25.8 Å². The molecule has 0 unspecified atom stereocenters. The molecule has 25 heavy (non-hydrogen) atoms. The molecule has 0 aliphatic carbocycles. The maximum absolute atomic E-state index is 13.3. The van der Waals surface area contributed by atoms with Crippen LogP contribution in [0.15, 0.2) is 42.5 Å². The first-order valence-electron chi connectivity index (χ1n) is 8.41. The van der Waals surface area contributed by atoms with E-state index in [1.807, 2.05) is 24.3 Å². The van der Waals surface area contributed by atoms with E-state index in [9.17, 15) is 13.6 Å². The summed E-state index contributed by atoms with van der Waals surface area (Å²) >= 11 is 0. The van der Waals surface area contributed by atoms with Crippen molar-refractivity contribution >= 4 is 17.4 Å². The normalized spacial score (nSPS) is 15.1. The number of hydrogen-bond acceptors (Lipinski definition) is 2. The zero-order valence-corrected chi connectivity index (χ0v) is 14.1. The fourth-order valence-corrected chi connectivity index (χ4v) is 3.03. The number of rotatable bonds is 4. The van der Waals surface area contributed by atoms with Gasteiger partial charge in [0.1, 0.15) is 0 Å². The summed E-state index contributed by atoms with van der Waals surface area (Å²) in [4.78, 5) is 14.6. The van der Waals surface area contributed by atoms with Gasteiger partial charge in [-0.15, -0.1) is 0 Å². The number of hydrogen-bond donors (Lipinski definition) is 2. The fourth-order valence-electron chi connectivity index (χ4n) is 3.03. The molecule has 2 aromatic rings. The molecule has 0 saturated carbocycles. The van der Waals surface area contributed by atoms with Crippen LogP contribution in [0.1, 0.15) is 31.4 Å². The van der Waals surface area contributed by atoms with Crippen LogP contribution in [0.2, 0.25) is 0 Å². The molecule has 132 valence electrons. The number of benzene rings is 2. The Morgan fingerprint density at radius 3 is 2.52 bits per heavy atom. The standard InChI is InChI=1S/C19H21F2N3O/c1-13(14-8-9-15(20)16(21)12-14)22-19(25)23-17-6-2-3-7-18(17)24-10-4-5-11-24/h2-3,6-9,12-13H,4-5,10-11H2,1H3,(H2,22,23,25)/t13-/m1/s1. The minimum Gasteiger partial charge on any atom is -0.370 e. The molecule has 0 bridgehead atoms. The average Bonchev–Trinajstić information content (AvgIpc) is 3.12. The maximum atomic E-state index is 13.3. The Morgan fingerprint density at radius 1 is 1.08 bits per heavy atom. The Hall–Kier alpha value is -2.63. The van der Waals surface area contributed by atoms with Crippen molar-refractivity contribution in [2.75, 3.05) is 23.3 Å². The van der Waals surface area contributed by atoms with Gasteiger partial charge in [-0.1, -0.05) is 18.2 Å². The van der Waals surface area contributed by atoms with Crippen LogP contribution in [0.25, 0.3) is 0 Å². The van der Waals surface area contributed by atoms with E-state index in [1.54, 1.807) is 6.92 Å². The van der Waals surface area contributed by atoms with E-state index >= 15 is 0 Å². The van der Waals surface area contributed by atoms with Gasteiger partial charge in [0, 0.05) is 13.1 Å². The molecule has 3 rings (SSSR count). The number of urea groups is 1. The third kappa shape index (κ3) is 4.07. The Morgan fingerprint density at radius 2 is 1.80 bits per heavy atom. The monoisotopic (exact) mass is 345 g/mol. The summed E-state index contributed by atoms with van der Waals surface area (Å²) in [5.41, 5.74) is 2.23. The van der Waals surface area contributed by atoms with Gasteiger partial charge in [-0.3, -0.25) is 0 Å². The summed E-state index contributed by atoms with van der Waals surface area (Å²) in [5, 5.41) is 5.61. The Balaban J connectivity index is 1.67. The average molecular weight is 345 g/mol. The minimum absolute atomic E-state index is 0.385. The highest BCUT2D eigenvalue weighted by atomic mass is 19.2. The lowest BCUT2D eigenvalue weighted by atomic mass is 10.1. The molecule has 0 aromatic heterocycles. The SMILES string of the molecule is C[C@@H](NC(=O)Nc1ccccc1N1CCCC1)c1ccc(F)c(F)c1. The molecule has 1 saturated heterocycles. The largest absolute Gasteiger partial charge is 0.370 e. The van der Waals surface area contributed by atoms with Gasteiger partial charge in [0.25, 0.3) is 0 Å². The summed E-state index contributed by atoms with van der Waals surface area (Å²) < 4.78 is 26.4. The van der Waals surface area contributed by atoms with Gasteiger partial charge < -0.3 is 15.5 Å². The van der Waals surface area contributed by atoms with Crippen LogP contribution in [0.4, 0.5) is 25.0 Å². The van der Waals surface area contributed by atoms with E-state index in [0.717, 1.165) is 49.4 Å². The molecule has 1 aliphatic heterocycles. The smallest absolute Gasteiger partial charge is 0.319 e. The fraction of sp³-hybridized carbons (Fsp3) is 0.316. The van der Waals surface area contributed by atoms with Crippen LogP contribution in [0.5, 0.6) is 0 Å². The van der Waals surface area contributed by atoms with Crippen LogP contribution in [-0.4, -0.2) is 19.1 Å². The second kappa shape index (κ2) is 7.51. The van der Waals surface area contributed by atoms with Crippen molar-refractivity contribution in [2.24, 2.45) is 0 Å². The van der Waals surface area contributed by atoms with E-state index in [1.165, 1.54) is 6.07 Å². The molecule has 0 radical (unpaired) electrons. The maximum Gasteiger partial charge on any atom is 0.319 e. The predicted octanol–water partition coefficient (Wildman–Crippen LogP) is 4.45. The van der Waals surface area contributed by atoms with Gasteiger partial charge in [-0.25, -0.2) is 13.6 Å². The van der Waals surface area contributed by atoms with Crippen LogP contribution in [0, 0.1) is 11.6 Å². The molecular weight excluding hydrogens is 324 g/mol. The number of carbonyl (C=O) groups excluding carboxylic acids is 1. The van der Waals surface area contributed by atoms with E-state index < -0.39 is 17.7 Å². The zero-order valence-electron chi connectivity index (χ0n) is 14.1. The minimum atomic E-state index is -0.925. The lowest BCUT2D eigenvalue weighted by Crippen LogP contribution is -2.32. The summed E-state index contributed by atoms with van der Waals surface area (Å²) in [6.45, 7) is 3.68. The van der Waals surface area contributed by atoms with E-state index in [2.05, 4.69) is 15.5 Å². The number of halogens is 2. The van der Waals surface area contributed by atoms with E-state index in [4.69, 9.17) is 0 Å². The van der Waals surface area contributed by atoms with Crippen molar-refractivity contribution in [3.63, 3.8) is 0 Å². The van der Waals surface area contributed by atoms with Gasteiger partial charge in [0.05, 0.1) is 17.4 Å². The Kier molecular flexibility index (Phi) is 5.16. The van der Waals surface area contributed by atoms with Crippen LogP contribution < -0.4 is 15.5 Å². The van der Waals surface area contributed by atoms with Crippen LogP contribution in [0.3, 0.4) is 0 Å². The third-order valence-corrected chi connectivity index (χ3v) is 4.39. The van der Waals surface area contributed by atoms with Crippen molar-refractivity contribution < 1.29 is 13.6 Å². The number of nitrogens with one attached hydrogen (secondary N) is 2. The van der Waals surface area contributed by atoms with Gasteiger partial charge in [-0.2, -0.15) is 0 Å². The topological polar surface area (TPSA) is 44.4 Å². The summed E-state index contributed by atoms with van der Waals surface area (Å²) in [6, 6.07) is 10.4. The molecule has 4 nitrogen and oxygen atoms in total. The summed E-state index contributed by atoms with van der Waals surface area (Å²) in [6.07, 6.45) is 2.29. The first-order valence-corrected chi connectivity index (χ1v) is 8.41.